The molecule has 3 N–H and O–H groups in total. The molecule has 5 nitrogen and oxygen atoms in total. The number of rotatable bonds is 4. The minimum atomic E-state index is -0.286. The van der Waals surface area contributed by atoms with Gasteiger partial charge in [0, 0.05) is 19.6 Å². The maximum Gasteiger partial charge on any atom is 0.122 e. The molecular weight excluding hydrogens is 232 g/mol. The normalized spacial score (nSPS) is 26.1. The van der Waals surface area contributed by atoms with Crippen LogP contribution < -0.4 is 5.73 Å². The van der Waals surface area contributed by atoms with Gasteiger partial charge in [-0.15, -0.1) is 0 Å². The van der Waals surface area contributed by atoms with E-state index in [0.717, 1.165) is 12.3 Å². The molecule has 2 heterocycles. The fraction of sp³-hybridized carbons (Fsp3) is 0.692. The zero-order chi connectivity index (χ0) is 13.2. The molecule has 0 spiro atoms. The second-order valence-electron chi connectivity index (χ2n) is 5.38. The zero-order valence-corrected chi connectivity index (χ0v) is 11.0. The van der Waals surface area contributed by atoms with Gasteiger partial charge in [0.15, 0.2) is 0 Å². The number of nitrogens with zero attached hydrogens (tertiary/aromatic N) is 1. The molecule has 102 valence electrons. The predicted octanol–water partition coefficient (Wildman–Crippen LogP) is 0.751. The summed E-state index contributed by atoms with van der Waals surface area (Å²) in [6.07, 6.45) is 1.49. The Morgan fingerprint density at radius 2 is 2.39 bits per heavy atom. The van der Waals surface area contributed by atoms with Crippen molar-refractivity contribution in [3.63, 3.8) is 0 Å². The monoisotopic (exact) mass is 254 g/mol. The lowest BCUT2D eigenvalue weighted by molar-refractivity contribution is -0.157. The summed E-state index contributed by atoms with van der Waals surface area (Å²) >= 11 is 0. The molecule has 1 aliphatic heterocycles. The molecule has 1 aromatic heterocycles. The Labute approximate surface area is 108 Å². The number of aliphatic hydroxyl groups excluding tert-OH is 1. The van der Waals surface area contributed by atoms with Crippen LogP contribution in [-0.2, 0) is 4.74 Å². The highest BCUT2D eigenvalue weighted by atomic mass is 16.5. The first-order chi connectivity index (χ1) is 8.55. The van der Waals surface area contributed by atoms with Gasteiger partial charge in [-0.3, -0.25) is 4.90 Å². The lowest BCUT2D eigenvalue weighted by atomic mass is 10.0. The van der Waals surface area contributed by atoms with Crippen molar-refractivity contribution in [3.05, 3.63) is 24.2 Å². The standard InChI is InChI=1S/C13H22N2O3/c1-13(2)9-15(7-10(8-16)18-13)11(6-14)12-4-3-5-17-12/h3-5,10-11,16H,6-9,14H2,1-2H3. The predicted molar refractivity (Wildman–Crippen MR) is 68.1 cm³/mol. The van der Waals surface area contributed by atoms with Crippen molar-refractivity contribution in [3.8, 4) is 0 Å². The van der Waals surface area contributed by atoms with Crippen LogP contribution in [-0.4, -0.2) is 48.0 Å². The molecular formula is C13H22N2O3. The summed E-state index contributed by atoms with van der Waals surface area (Å²) in [7, 11) is 0. The van der Waals surface area contributed by atoms with Gasteiger partial charge in [-0.2, -0.15) is 0 Å². The minimum Gasteiger partial charge on any atom is -0.468 e. The van der Waals surface area contributed by atoms with Crippen molar-refractivity contribution in [2.45, 2.75) is 31.6 Å². The second-order valence-corrected chi connectivity index (χ2v) is 5.38. The van der Waals surface area contributed by atoms with Crippen LogP contribution in [0.15, 0.2) is 22.8 Å². The van der Waals surface area contributed by atoms with Gasteiger partial charge in [0.05, 0.1) is 30.6 Å². The van der Waals surface area contributed by atoms with Crippen LogP contribution in [0.4, 0.5) is 0 Å². The third kappa shape index (κ3) is 2.92. The Bertz CT molecular complexity index is 364. The molecule has 0 aliphatic carbocycles. The van der Waals surface area contributed by atoms with Gasteiger partial charge in [-0.05, 0) is 26.0 Å². The molecule has 2 rings (SSSR count). The lowest BCUT2D eigenvalue weighted by Gasteiger charge is -2.44. The van der Waals surface area contributed by atoms with Crippen molar-refractivity contribution in [1.29, 1.82) is 0 Å². The van der Waals surface area contributed by atoms with Crippen LogP contribution in [0.5, 0.6) is 0 Å². The number of morpholine rings is 1. The van der Waals surface area contributed by atoms with Gasteiger partial charge in [-0.1, -0.05) is 0 Å². The SMILES string of the molecule is CC1(C)CN(C(CN)c2ccco2)CC(CO)O1. The lowest BCUT2D eigenvalue weighted by Crippen LogP contribution is -2.55. The van der Waals surface area contributed by atoms with Gasteiger partial charge in [0.1, 0.15) is 5.76 Å². The van der Waals surface area contributed by atoms with E-state index in [0.29, 0.717) is 13.1 Å². The highest BCUT2D eigenvalue weighted by Gasteiger charge is 2.36. The van der Waals surface area contributed by atoms with Gasteiger partial charge >= 0.3 is 0 Å². The van der Waals surface area contributed by atoms with Gasteiger partial charge in [0.2, 0.25) is 0 Å². The van der Waals surface area contributed by atoms with Crippen LogP contribution in [0.3, 0.4) is 0 Å². The number of hydrogen-bond donors (Lipinski definition) is 2. The quantitative estimate of drug-likeness (QED) is 0.829. The molecule has 1 saturated heterocycles. The molecule has 2 unspecified atom stereocenters. The maximum absolute atomic E-state index is 9.32. The maximum atomic E-state index is 9.32. The third-order valence-corrected chi connectivity index (χ3v) is 3.25. The molecule has 2 atom stereocenters. The molecule has 1 aliphatic rings. The second kappa shape index (κ2) is 5.40. The summed E-state index contributed by atoms with van der Waals surface area (Å²) < 4.78 is 11.3. The Morgan fingerprint density at radius 1 is 1.61 bits per heavy atom. The van der Waals surface area contributed by atoms with Crippen molar-refractivity contribution in [2.75, 3.05) is 26.2 Å². The third-order valence-electron chi connectivity index (χ3n) is 3.25. The fourth-order valence-electron chi connectivity index (χ4n) is 2.60. The average Bonchev–Trinajstić information content (AvgIpc) is 2.81. The molecule has 0 radical (unpaired) electrons. The molecule has 18 heavy (non-hydrogen) atoms. The summed E-state index contributed by atoms with van der Waals surface area (Å²) in [5.41, 5.74) is 5.58. The summed E-state index contributed by atoms with van der Waals surface area (Å²) in [6, 6.07) is 3.85. The Balaban J connectivity index is 2.15. The first-order valence-corrected chi connectivity index (χ1v) is 6.32. The van der Waals surface area contributed by atoms with Crippen LogP contribution in [0.25, 0.3) is 0 Å². The Kier molecular flexibility index (Phi) is 4.07. The van der Waals surface area contributed by atoms with Crippen LogP contribution in [0.1, 0.15) is 25.6 Å². The van der Waals surface area contributed by atoms with Crippen LogP contribution >= 0.6 is 0 Å². The Hall–Kier alpha value is -0.880. The molecule has 0 aromatic carbocycles. The van der Waals surface area contributed by atoms with Crippen molar-refractivity contribution in [2.24, 2.45) is 5.73 Å². The highest BCUT2D eigenvalue weighted by molar-refractivity contribution is 5.06. The van der Waals surface area contributed by atoms with E-state index in [1.54, 1.807) is 6.26 Å². The van der Waals surface area contributed by atoms with Crippen molar-refractivity contribution < 1.29 is 14.3 Å². The minimum absolute atomic E-state index is 0.0232. The highest BCUT2D eigenvalue weighted by Crippen LogP contribution is 2.28. The van der Waals surface area contributed by atoms with E-state index in [1.165, 1.54) is 0 Å². The van der Waals surface area contributed by atoms with Gasteiger partial charge < -0.3 is 20.0 Å². The van der Waals surface area contributed by atoms with E-state index in [-0.39, 0.29) is 24.4 Å². The summed E-state index contributed by atoms with van der Waals surface area (Å²) in [5.74, 6) is 0.867. The number of ether oxygens (including phenoxy) is 1. The number of furan rings is 1. The molecule has 1 aromatic rings. The van der Waals surface area contributed by atoms with Crippen molar-refractivity contribution in [1.82, 2.24) is 4.90 Å². The topological polar surface area (TPSA) is 71.9 Å². The van der Waals surface area contributed by atoms with Crippen LogP contribution in [0, 0.1) is 0 Å². The van der Waals surface area contributed by atoms with E-state index in [1.807, 2.05) is 26.0 Å². The van der Waals surface area contributed by atoms with Crippen molar-refractivity contribution >= 4 is 0 Å². The van der Waals surface area contributed by atoms with Crippen LogP contribution in [0.2, 0.25) is 0 Å². The average molecular weight is 254 g/mol. The molecule has 1 fully saturated rings. The molecule has 0 saturated carbocycles. The zero-order valence-electron chi connectivity index (χ0n) is 11.0. The van der Waals surface area contributed by atoms with Gasteiger partial charge in [0.25, 0.3) is 0 Å². The summed E-state index contributed by atoms with van der Waals surface area (Å²) in [4.78, 5) is 2.23. The van der Waals surface area contributed by atoms with E-state index < -0.39 is 0 Å². The Morgan fingerprint density at radius 3 is 2.94 bits per heavy atom. The summed E-state index contributed by atoms with van der Waals surface area (Å²) in [6.45, 7) is 6.00. The number of nitrogens with two attached hydrogens (primary N) is 1. The molecule has 0 amide bonds. The summed E-state index contributed by atoms with van der Waals surface area (Å²) in [5, 5.41) is 9.32. The largest absolute Gasteiger partial charge is 0.468 e. The van der Waals surface area contributed by atoms with E-state index in [4.69, 9.17) is 14.9 Å². The smallest absolute Gasteiger partial charge is 0.122 e. The van der Waals surface area contributed by atoms with E-state index in [2.05, 4.69) is 4.90 Å². The van der Waals surface area contributed by atoms with E-state index in [9.17, 15) is 5.11 Å². The number of aliphatic hydroxyl groups is 1. The van der Waals surface area contributed by atoms with E-state index >= 15 is 0 Å². The molecule has 5 heteroatoms. The fourth-order valence-corrected chi connectivity index (χ4v) is 2.60. The first kappa shape index (κ1) is 13.5. The first-order valence-electron chi connectivity index (χ1n) is 6.32. The molecule has 0 bridgehead atoms. The number of hydrogen-bond acceptors (Lipinski definition) is 5. The van der Waals surface area contributed by atoms with Gasteiger partial charge in [-0.25, -0.2) is 0 Å².